The van der Waals surface area contributed by atoms with Crippen molar-refractivity contribution in [3.05, 3.63) is 71.3 Å². The molecule has 2 aromatic rings. The van der Waals surface area contributed by atoms with E-state index in [-0.39, 0.29) is 37.4 Å². The molecule has 2 fully saturated rings. The highest BCUT2D eigenvalue weighted by molar-refractivity contribution is 5.94. The predicted octanol–water partition coefficient (Wildman–Crippen LogP) is 3.17. The van der Waals surface area contributed by atoms with Crippen molar-refractivity contribution in [2.24, 2.45) is 5.92 Å². The van der Waals surface area contributed by atoms with Gasteiger partial charge in [0.05, 0.1) is 6.54 Å². The van der Waals surface area contributed by atoms with E-state index in [1.807, 2.05) is 24.3 Å². The number of aliphatic carboxylic acids is 1. The van der Waals surface area contributed by atoms with Gasteiger partial charge in [0.25, 0.3) is 0 Å². The maximum Gasteiger partial charge on any atom is 0.407 e. The Labute approximate surface area is 203 Å². The van der Waals surface area contributed by atoms with Crippen LogP contribution in [-0.4, -0.2) is 66.4 Å². The third-order valence-electron chi connectivity index (χ3n) is 7.34. The molecule has 0 aromatic heterocycles. The molecule has 0 saturated carbocycles. The van der Waals surface area contributed by atoms with Gasteiger partial charge in [-0.05, 0) is 35.6 Å². The summed E-state index contributed by atoms with van der Waals surface area (Å²) in [4.78, 5) is 38.4. The molecule has 2 heterocycles. The van der Waals surface area contributed by atoms with Crippen LogP contribution in [0.1, 0.15) is 30.4 Å². The van der Waals surface area contributed by atoms with E-state index < -0.39 is 17.7 Å². The van der Waals surface area contributed by atoms with Gasteiger partial charge in [-0.3, -0.25) is 4.79 Å². The van der Waals surface area contributed by atoms with Crippen LogP contribution in [0.15, 0.2) is 60.2 Å². The molecule has 2 N–H and O–H groups in total. The summed E-state index contributed by atoms with van der Waals surface area (Å²) in [6.45, 7) is 2.80. The van der Waals surface area contributed by atoms with E-state index in [0.717, 1.165) is 22.3 Å². The topological polar surface area (TPSA) is 105 Å². The molecular formula is C27H28N2O6. The molecule has 0 spiro atoms. The van der Waals surface area contributed by atoms with E-state index >= 15 is 0 Å². The molecule has 2 aliphatic heterocycles. The molecule has 1 aliphatic carbocycles. The van der Waals surface area contributed by atoms with E-state index in [9.17, 15) is 19.5 Å². The molecule has 2 aromatic carbocycles. The van der Waals surface area contributed by atoms with Crippen molar-refractivity contribution >= 4 is 18.0 Å². The zero-order chi connectivity index (χ0) is 24.6. The Bertz CT molecular complexity index is 1160. The largest absolute Gasteiger partial charge is 0.479 e. The molecule has 0 radical (unpaired) electrons. The van der Waals surface area contributed by atoms with Gasteiger partial charge in [-0.15, -0.1) is 0 Å². The lowest BCUT2D eigenvalue weighted by Gasteiger charge is -2.23. The number of hydrogen-bond donors (Lipinski definition) is 2. The van der Waals surface area contributed by atoms with Crippen LogP contribution < -0.4 is 5.32 Å². The van der Waals surface area contributed by atoms with E-state index in [1.54, 1.807) is 13.0 Å². The van der Waals surface area contributed by atoms with Crippen LogP contribution in [0.3, 0.4) is 0 Å². The third-order valence-corrected chi connectivity index (χ3v) is 7.34. The van der Waals surface area contributed by atoms with Gasteiger partial charge in [0.15, 0.2) is 5.60 Å². The number of nitrogens with one attached hydrogen (secondary N) is 1. The number of ether oxygens (including phenoxy) is 2. The SMILES string of the molecule is C/C(=C\CNC(=O)OCC1c2ccccc2-c2ccccc21)C(=O)N1CC2CCOC2(C(=O)O)C1. The second kappa shape index (κ2) is 9.19. The average Bonchev–Trinajstić information content (AvgIpc) is 3.52. The van der Waals surface area contributed by atoms with Gasteiger partial charge in [-0.2, -0.15) is 0 Å². The number of amides is 2. The maximum atomic E-state index is 12.8. The van der Waals surface area contributed by atoms with E-state index in [2.05, 4.69) is 29.6 Å². The first-order valence-corrected chi connectivity index (χ1v) is 11.8. The fourth-order valence-corrected chi connectivity index (χ4v) is 5.49. The van der Waals surface area contributed by atoms with Crippen molar-refractivity contribution in [2.45, 2.75) is 24.9 Å². The van der Waals surface area contributed by atoms with Gasteiger partial charge in [-0.25, -0.2) is 9.59 Å². The Morgan fingerprint density at radius 3 is 2.43 bits per heavy atom. The van der Waals surface area contributed by atoms with Gasteiger partial charge < -0.3 is 24.8 Å². The second-order valence-corrected chi connectivity index (χ2v) is 9.31. The smallest absolute Gasteiger partial charge is 0.407 e. The first-order valence-electron chi connectivity index (χ1n) is 11.8. The molecule has 0 bridgehead atoms. The molecule has 182 valence electrons. The number of benzene rings is 2. The zero-order valence-electron chi connectivity index (χ0n) is 19.5. The molecule has 35 heavy (non-hydrogen) atoms. The van der Waals surface area contributed by atoms with Crippen LogP contribution >= 0.6 is 0 Å². The maximum absolute atomic E-state index is 12.8. The van der Waals surface area contributed by atoms with Crippen molar-refractivity contribution in [1.82, 2.24) is 10.2 Å². The van der Waals surface area contributed by atoms with Crippen molar-refractivity contribution in [2.75, 3.05) is 32.8 Å². The number of carboxylic acids is 1. The van der Waals surface area contributed by atoms with Gasteiger partial charge in [0.2, 0.25) is 5.91 Å². The van der Waals surface area contributed by atoms with Crippen LogP contribution in [0.2, 0.25) is 0 Å². The normalized spacial score (nSPS) is 22.9. The van der Waals surface area contributed by atoms with Gasteiger partial charge >= 0.3 is 12.1 Å². The molecule has 2 amide bonds. The van der Waals surface area contributed by atoms with Crippen LogP contribution in [-0.2, 0) is 19.1 Å². The summed E-state index contributed by atoms with van der Waals surface area (Å²) in [7, 11) is 0. The lowest BCUT2D eigenvalue weighted by molar-refractivity contribution is -0.161. The van der Waals surface area contributed by atoms with Gasteiger partial charge in [-0.1, -0.05) is 54.6 Å². The van der Waals surface area contributed by atoms with E-state index in [4.69, 9.17) is 9.47 Å². The van der Waals surface area contributed by atoms with Crippen molar-refractivity contribution in [3.63, 3.8) is 0 Å². The summed E-state index contributed by atoms with van der Waals surface area (Å²) < 4.78 is 11.0. The van der Waals surface area contributed by atoms with Crippen molar-refractivity contribution in [3.8, 4) is 11.1 Å². The summed E-state index contributed by atoms with van der Waals surface area (Å²) in [6.07, 6.45) is 1.69. The lowest BCUT2D eigenvalue weighted by atomic mass is 9.91. The molecule has 5 rings (SSSR count). The minimum Gasteiger partial charge on any atom is -0.479 e. The standard InChI is InChI=1S/C27H28N2O6/c1-17(24(30)29-14-18-11-13-35-27(18,16-29)25(31)32)10-12-28-26(33)34-15-23-21-8-4-2-6-19(21)20-7-3-5-9-22(20)23/h2-10,18,23H,11-16H2,1H3,(H,28,33)(H,31,32)/b17-10+. The predicted molar refractivity (Wildman–Crippen MR) is 128 cm³/mol. The van der Waals surface area contributed by atoms with Crippen LogP contribution in [0.5, 0.6) is 0 Å². The number of fused-ring (bicyclic) bond motifs is 4. The molecular weight excluding hydrogens is 448 g/mol. The van der Waals surface area contributed by atoms with E-state index in [1.165, 1.54) is 4.90 Å². The fraction of sp³-hybridized carbons (Fsp3) is 0.370. The quantitative estimate of drug-likeness (QED) is 0.621. The minimum absolute atomic E-state index is 0.0228. The Hall–Kier alpha value is -3.65. The summed E-state index contributed by atoms with van der Waals surface area (Å²) in [5.74, 6) is -1.49. The third kappa shape index (κ3) is 4.08. The monoisotopic (exact) mass is 476 g/mol. The molecule has 8 heteroatoms. The fourth-order valence-electron chi connectivity index (χ4n) is 5.49. The summed E-state index contributed by atoms with van der Waals surface area (Å²) in [5, 5.41) is 12.3. The van der Waals surface area contributed by atoms with Crippen molar-refractivity contribution < 1.29 is 29.0 Å². The Balaban J connectivity index is 1.14. The second-order valence-electron chi connectivity index (χ2n) is 9.31. The number of carbonyl (C=O) groups excluding carboxylic acids is 2. The van der Waals surface area contributed by atoms with Gasteiger partial charge in [0.1, 0.15) is 6.61 Å². The number of likely N-dealkylation sites (tertiary alicyclic amines) is 1. The zero-order valence-corrected chi connectivity index (χ0v) is 19.5. The number of hydrogen-bond acceptors (Lipinski definition) is 5. The van der Waals surface area contributed by atoms with Crippen molar-refractivity contribution in [1.29, 1.82) is 0 Å². The number of carbonyl (C=O) groups is 3. The van der Waals surface area contributed by atoms with E-state index in [0.29, 0.717) is 25.1 Å². The Kier molecular flexibility index (Phi) is 6.06. The number of nitrogens with zero attached hydrogens (tertiary/aromatic N) is 1. The molecule has 8 nitrogen and oxygen atoms in total. The van der Waals surface area contributed by atoms with Gasteiger partial charge in [0, 0.05) is 37.1 Å². The number of alkyl carbamates (subject to hydrolysis) is 1. The highest BCUT2D eigenvalue weighted by atomic mass is 16.5. The first-order chi connectivity index (χ1) is 16.9. The minimum atomic E-state index is -1.30. The number of rotatable bonds is 6. The summed E-state index contributed by atoms with van der Waals surface area (Å²) >= 11 is 0. The summed E-state index contributed by atoms with van der Waals surface area (Å²) in [5.41, 5.74) is 3.74. The molecule has 2 unspecified atom stereocenters. The van der Waals surface area contributed by atoms with Crippen LogP contribution in [0.4, 0.5) is 4.79 Å². The summed E-state index contributed by atoms with van der Waals surface area (Å²) in [6, 6.07) is 16.3. The number of carboxylic acid groups (broad SMARTS) is 1. The average molecular weight is 477 g/mol. The molecule has 3 aliphatic rings. The molecule has 2 saturated heterocycles. The highest BCUT2D eigenvalue weighted by Gasteiger charge is 2.57. The first kappa shape index (κ1) is 23.1. The lowest BCUT2D eigenvalue weighted by Crippen LogP contribution is -2.45. The van der Waals surface area contributed by atoms with Crippen LogP contribution in [0, 0.1) is 5.92 Å². The Morgan fingerprint density at radius 1 is 1.14 bits per heavy atom. The van der Waals surface area contributed by atoms with Crippen LogP contribution in [0.25, 0.3) is 11.1 Å². The molecule has 2 atom stereocenters. The highest BCUT2D eigenvalue weighted by Crippen LogP contribution is 2.44. The Morgan fingerprint density at radius 2 is 1.80 bits per heavy atom.